The van der Waals surface area contributed by atoms with Crippen molar-refractivity contribution in [2.75, 3.05) is 11.3 Å². The minimum Gasteiger partial charge on any atom is -0.339 e. The van der Waals surface area contributed by atoms with Gasteiger partial charge in [0, 0.05) is 30.9 Å². The van der Waals surface area contributed by atoms with Crippen LogP contribution in [0.5, 0.6) is 0 Å². The first-order chi connectivity index (χ1) is 9.74. The van der Waals surface area contributed by atoms with Crippen LogP contribution >= 0.6 is 0 Å². The fourth-order valence-corrected chi connectivity index (χ4v) is 2.88. The Labute approximate surface area is 125 Å². The fraction of sp³-hybridized carbons (Fsp3) is 0.357. The molecule has 0 saturated carbocycles. The van der Waals surface area contributed by atoms with Crippen LogP contribution in [-0.4, -0.2) is 24.5 Å². The minimum atomic E-state index is -3.65. The van der Waals surface area contributed by atoms with E-state index in [1.807, 2.05) is 26.0 Å². The monoisotopic (exact) mass is 308 g/mol. The summed E-state index contributed by atoms with van der Waals surface area (Å²) in [6, 6.07) is 7.22. The highest BCUT2D eigenvalue weighted by Gasteiger charge is 2.20. The molecule has 0 aliphatic rings. The van der Waals surface area contributed by atoms with Gasteiger partial charge in [-0.2, -0.15) is 8.42 Å². The molecule has 0 aliphatic heterocycles. The molecule has 1 aromatic heterocycles. The van der Waals surface area contributed by atoms with Crippen molar-refractivity contribution in [1.82, 2.24) is 9.55 Å². The largest absolute Gasteiger partial charge is 0.339 e. The molecular weight excluding hydrogens is 288 g/mol. The normalized spacial score (nSPS) is 12.4. The molecule has 2 aromatic rings. The number of nitrogens with one attached hydrogen (secondary N) is 1. The van der Waals surface area contributed by atoms with Gasteiger partial charge in [0.15, 0.2) is 5.03 Å². The average Bonchev–Trinajstić information content (AvgIpc) is 2.86. The van der Waals surface area contributed by atoms with E-state index in [-0.39, 0.29) is 10.4 Å². The van der Waals surface area contributed by atoms with Gasteiger partial charge in [0.2, 0.25) is 0 Å². The van der Waals surface area contributed by atoms with E-state index in [0.717, 1.165) is 5.56 Å². The van der Waals surface area contributed by atoms with Gasteiger partial charge >= 0.3 is 0 Å². The van der Waals surface area contributed by atoms with Crippen molar-refractivity contribution in [3.05, 3.63) is 42.4 Å². The third-order valence-electron chi connectivity index (χ3n) is 3.39. The number of rotatable bonds is 5. The van der Waals surface area contributed by atoms with Gasteiger partial charge in [-0.3, -0.25) is 4.72 Å². The Morgan fingerprint density at radius 1 is 1.29 bits per heavy atom. The van der Waals surface area contributed by atoms with Gasteiger partial charge in [-0.15, -0.1) is 0 Å². The summed E-state index contributed by atoms with van der Waals surface area (Å²) in [7, 11) is -1.94. The number of anilines is 1. The van der Waals surface area contributed by atoms with Crippen molar-refractivity contribution in [2.45, 2.75) is 24.3 Å². The van der Waals surface area contributed by atoms with E-state index in [2.05, 4.69) is 9.71 Å². The second-order valence-electron chi connectivity index (χ2n) is 5.65. The summed E-state index contributed by atoms with van der Waals surface area (Å²) in [6.45, 7) is 4.60. The van der Waals surface area contributed by atoms with Crippen molar-refractivity contribution in [1.29, 1.82) is 0 Å². The molecule has 0 unspecified atom stereocenters. The third-order valence-corrected chi connectivity index (χ3v) is 4.65. The molecule has 0 fully saturated rings. The standard InChI is InChI=1S/C14H20N4O2S/c1-14(2,9-15)11-4-6-12(7-5-11)17-21(19,20)13-8-18(3)10-16-13/h4-8,10,17H,9,15H2,1-3H3. The Hall–Kier alpha value is -1.86. The molecule has 114 valence electrons. The van der Waals surface area contributed by atoms with Gasteiger partial charge in [-0.25, -0.2) is 4.98 Å². The van der Waals surface area contributed by atoms with Crippen LogP contribution in [0.25, 0.3) is 0 Å². The lowest BCUT2D eigenvalue weighted by molar-refractivity contribution is 0.539. The number of aromatic nitrogens is 2. The average molecular weight is 308 g/mol. The van der Waals surface area contributed by atoms with E-state index < -0.39 is 10.0 Å². The Kier molecular flexibility index (Phi) is 4.06. The molecule has 0 aliphatic carbocycles. The molecule has 0 spiro atoms. The molecule has 0 radical (unpaired) electrons. The molecule has 21 heavy (non-hydrogen) atoms. The molecule has 1 heterocycles. The molecule has 1 aromatic carbocycles. The van der Waals surface area contributed by atoms with E-state index in [0.29, 0.717) is 12.2 Å². The Morgan fingerprint density at radius 3 is 2.38 bits per heavy atom. The van der Waals surface area contributed by atoms with E-state index >= 15 is 0 Å². The summed E-state index contributed by atoms with van der Waals surface area (Å²) >= 11 is 0. The summed E-state index contributed by atoms with van der Waals surface area (Å²) in [5.41, 5.74) is 7.15. The van der Waals surface area contributed by atoms with Crippen molar-refractivity contribution >= 4 is 15.7 Å². The zero-order chi connectivity index (χ0) is 15.7. The van der Waals surface area contributed by atoms with Crippen LogP contribution in [0.2, 0.25) is 0 Å². The summed E-state index contributed by atoms with van der Waals surface area (Å²) in [5, 5.41) is -0.00337. The SMILES string of the molecule is Cn1cnc(S(=O)(=O)Nc2ccc(C(C)(C)CN)cc2)c1. The number of benzene rings is 1. The van der Waals surface area contributed by atoms with Crippen LogP contribution in [0.3, 0.4) is 0 Å². The van der Waals surface area contributed by atoms with Crippen LogP contribution in [0, 0.1) is 0 Å². The van der Waals surface area contributed by atoms with Crippen LogP contribution in [0.1, 0.15) is 19.4 Å². The molecule has 0 bridgehead atoms. The maximum Gasteiger partial charge on any atom is 0.280 e. The Morgan fingerprint density at radius 2 is 1.90 bits per heavy atom. The fourth-order valence-electron chi connectivity index (χ4n) is 1.84. The molecule has 0 saturated heterocycles. The van der Waals surface area contributed by atoms with Gasteiger partial charge < -0.3 is 10.3 Å². The highest BCUT2D eigenvalue weighted by atomic mass is 32.2. The number of hydrogen-bond acceptors (Lipinski definition) is 4. The smallest absolute Gasteiger partial charge is 0.280 e. The molecule has 7 heteroatoms. The Balaban J connectivity index is 2.21. The summed E-state index contributed by atoms with van der Waals surface area (Å²) in [5.74, 6) is 0. The first-order valence-corrected chi connectivity index (χ1v) is 8.04. The number of nitrogens with zero attached hydrogens (tertiary/aromatic N) is 2. The quantitative estimate of drug-likeness (QED) is 0.875. The van der Waals surface area contributed by atoms with Crippen LogP contribution < -0.4 is 10.5 Å². The van der Waals surface area contributed by atoms with Crippen molar-refractivity contribution in [3.63, 3.8) is 0 Å². The lowest BCUT2D eigenvalue weighted by Gasteiger charge is -2.23. The van der Waals surface area contributed by atoms with Gasteiger partial charge in [-0.1, -0.05) is 26.0 Å². The maximum atomic E-state index is 12.1. The number of hydrogen-bond donors (Lipinski definition) is 2. The topological polar surface area (TPSA) is 90.0 Å². The van der Waals surface area contributed by atoms with Gasteiger partial charge in [0.05, 0.1) is 6.33 Å². The molecule has 0 amide bonds. The van der Waals surface area contributed by atoms with Crippen molar-refractivity contribution < 1.29 is 8.42 Å². The maximum absolute atomic E-state index is 12.1. The number of aryl methyl sites for hydroxylation is 1. The zero-order valence-electron chi connectivity index (χ0n) is 12.4. The van der Waals surface area contributed by atoms with E-state index in [4.69, 9.17) is 5.73 Å². The lowest BCUT2D eigenvalue weighted by Crippen LogP contribution is -2.28. The lowest BCUT2D eigenvalue weighted by atomic mass is 9.85. The van der Waals surface area contributed by atoms with Crippen LogP contribution in [0.4, 0.5) is 5.69 Å². The molecular formula is C14H20N4O2S. The van der Waals surface area contributed by atoms with Crippen LogP contribution in [0.15, 0.2) is 41.8 Å². The molecule has 0 atom stereocenters. The highest BCUT2D eigenvalue weighted by molar-refractivity contribution is 7.92. The molecule has 3 N–H and O–H groups in total. The first-order valence-electron chi connectivity index (χ1n) is 6.56. The van der Waals surface area contributed by atoms with Gasteiger partial charge in [0.25, 0.3) is 10.0 Å². The number of imidazole rings is 1. The van der Waals surface area contributed by atoms with E-state index in [1.165, 1.54) is 12.5 Å². The second kappa shape index (κ2) is 5.50. The van der Waals surface area contributed by atoms with E-state index in [9.17, 15) is 8.42 Å². The molecule has 2 rings (SSSR count). The number of sulfonamides is 1. The third kappa shape index (κ3) is 3.43. The first kappa shape index (κ1) is 15.5. The second-order valence-corrected chi connectivity index (χ2v) is 7.28. The summed E-state index contributed by atoms with van der Waals surface area (Å²) in [4.78, 5) is 3.85. The van der Waals surface area contributed by atoms with E-state index in [1.54, 1.807) is 23.7 Å². The minimum absolute atomic E-state index is 0.00337. The zero-order valence-corrected chi connectivity index (χ0v) is 13.2. The molecule has 6 nitrogen and oxygen atoms in total. The summed E-state index contributed by atoms with van der Waals surface area (Å²) < 4.78 is 28.4. The van der Waals surface area contributed by atoms with Crippen LogP contribution in [-0.2, 0) is 22.5 Å². The predicted octanol–water partition coefficient (Wildman–Crippen LogP) is 1.46. The van der Waals surface area contributed by atoms with Gasteiger partial charge in [-0.05, 0) is 17.7 Å². The van der Waals surface area contributed by atoms with Crippen molar-refractivity contribution in [3.8, 4) is 0 Å². The van der Waals surface area contributed by atoms with Crippen molar-refractivity contribution in [2.24, 2.45) is 12.8 Å². The highest BCUT2D eigenvalue weighted by Crippen LogP contribution is 2.24. The van der Waals surface area contributed by atoms with Gasteiger partial charge in [0.1, 0.15) is 0 Å². The Bertz CT molecular complexity index is 718. The number of nitrogens with two attached hydrogens (primary N) is 1. The summed E-state index contributed by atoms with van der Waals surface area (Å²) in [6.07, 6.45) is 2.90. The predicted molar refractivity (Wildman–Crippen MR) is 82.5 cm³/mol.